The number of rotatable bonds is 10. The molecule has 0 aliphatic rings. The van der Waals surface area contributed by atoms with E-state index in [1.165, 1.54) is 36.2 Å². The SMILES string of the molecule is CCC(C(=O)NC)N(Cc1ccccc1)C(=O)CN(c1cccc(C)c1)S(=O)(=O)c1ccc(Cl)cc1. The third-order valence-corrected chi connectivity index (χ3v) is 7.84. The van der Waals surface area contributed by atoms with Gasteiger partial charge in [-0.3, -0.25) is 13.9 Å². The summed E-state index contributed by atoms with van der Waals surface area (Å²) in [6.45, 7) is 3.34. The lowest BCUT2D eigenvalue weighted by atomic mass is 10.1. The number of hydrogen-bond acceptors (Lipinski definition) is 4. The van der Waals surface area contributed by atoms with E-state index in [9.17, 15) is 18.0 Å². The molecule has 3 aromatic carbocycles. The van der Waals surface area contributed by atoms with Crippen molar-refractivity contribution in [1.29, 1.82) is 0 Å². The number of sulfonamides is 1. The maximum absolute atomic E-state index is 13.8. The van der Waals surface area contributed by atoms with Crippen molar-refractivity contribution >= 4 is 39.1 Å². The van der Waals surface area contributed by atoms with Crippen LogP contribution in [0.3, 0.4) is 0 Å². The number of carbonyl (C=O) groups is 2. The molecule has 0 heterocycles. The Bertz CT molecular complexity index is 1300. The number of halogens is 1. The first kappa shape index (κ1) is 27.2. The maximum Gasteiger partial charge on any atom is 0.264 e. The Kier molecular flexibility index (Phi) is 9.12. The largest absolute Gasteiger partial charge is 0.357 e. The molecule has 7 nitrogen and oxygen atoms in total. The highest BCUT2D eigenvalue weighted by atomic mass is 35.5. The minimum atomic E-state index is -4.12. The molecule has 3 aromatic rings. The van der Waals surface area contributed by atoms with E-state index in [0.717, 1.165) is 15.4 Å². The Hall–Kier alpha value is -3.36. The van der Waals surface area contributed by atoms with Gasteiger partial charge in [-0.15, -0.1) is 0 Å². The molecular weight excluding hydrogens is 498 g/mol. The van der Waals surface area contributed by atoms with Crippen molar-refractivity contribution in [3.05, 3.63) is 95.0 Å². The number of hydrogen-bond donors (Lipinski definition) is 1. The first-order chi connectivity index (χ1) is 17.2. The highest BCUT2D eigenvalue weighted by molar-refractivity contribution is 7.92. The standard InChI is InChI=1S/C27H30ClN3O4S/c1-4-25(27(33)29-3)30(18-21-10-6-5-7-11-21)26(32)19-31(23-12-8-9-20(2)17-23)36(34,35)24-15-13-22(28)14-16-24/h5-17,25H,4,18-19H2,1-3H3,(H,29,33). The molecule has 190 valence electrons. The van der Waals surface area contributed by atoms with E-state index in [4.69, 9.17) is 11.6 Å². The fraction of sp³-hybridized carbons (Fsp3) is 0.259. The second-order valence-corrected chi connectivity index (χ2v) is 10.6. The number of benzene rings is 3. The molecule has 1 atom stereocenters. The summed E-state index contributed by atoms with van der Waals surface area (Å²) in [4.78, 5) is 27.9. The zero-order chi connectivity index (χ0) is 26.3. The Morgan fingerprint density at radius 2 is 1.64 bits per heavy atom. The molecule has 2 amide bonds. The molecule has 0 spiro atoms. The average molecular weight is 528 g/mol. The predicted molar refractivity (Wildman–Crippen MR) is 142 cm³/mol. The fourth-order valence-electron chi connectivity index (χ4n) is 3.91. The summed E-state index contributed by atoms with van der Waals surface area (Å²) in [5, 5.41) is 3.01. The van der Waals surface area contributed by atoms with Crippen molar-refractivity contribution < 1.29 is 18.0 Å². The van der Waals surface area contributed by atoms with Crippen LogP contribution in [-0.4, -0.2) is 44.8 Å². The topological polar surface area (TPSA) is 86.8 Å². The zero-order valence-electron chi connectivity index (χ0n) is 20.5. The Balaban J connectivity index is 2.05. The van der Waals surface area contributed by atoms with Crippen molar-refractivity contribution in [2.75, 3.05) is 17.9 Å². The number of anilines is 1. The Morgan fingerprint density at radius 3 is 2.22 bits per heavy atom. The molecule has 0 aliphatic carbocycles. The lowest BCUT2D eigenvalue weighted by Gasteiger charge is -2.33. The van der Waals surface area contributed by atoms with Gasteiger partial charge in [-0.25, -0.2) is 8.42 Å². The van der Waals surface area contributed by atoms with Gasteiger partial charge in [-0.2, -0.15) is 0 Å². The number of amides is 2. The molecule has 36 heavy (non-hydrogen) atoms. The maximum atomic E-state index is 13.8. The van der Waals surface area contributed by atoms with Gasteiger partial charge in [-0.05, 0) is 60.9 Å². The van der Waals surface area contributed by atoms with E-state index in [1.807, 2.05) is 50.2 Å². The number of nitrogens with one attached hydrogen (secondary N) is 1. The third kappa shape index (κ3) is 6.44. The Labute approximate surface area is 217 Å². The van der Waals surface area contributed by atoms with Crippen molar-refractivity contribution in [1.82, 2.24) is 10.2 Å². The highest BCUT2D eigenvalue weighted by Gasteiger charge is 2.33. The minimum absolute atomic E-state index is 0.00848. The zero-order valence-corrected chi connectivity index (χ0v) is 22.1. The van der Waals surface area contributed by atoms with Crippen LogP contribution in [0.1, 0.15) is 24.5 Å². The molecule has 0 fully saturated rings. The summed E-state index contributed by atoms with van der Waals surface area (Å²) >= 11 is 5.97. The third-order valence-electron chi connectivity index (χ3n) is 5.80. The second kappa shape index (κ2) is 12.1. The predicted octanol–water partition coefficient (Wildman–Crippen LogP) is 4.40. The summed E-state index contributed by atoms with van der Waals surface area (Å²) in [5.41, 5.74) is 2.02. The first-order valence-corrected chi connectivity index (χ1v) is 13.4. The second-order valence-electron chi connectivity index (χ2n) is 8.35. The molecule has 3 rings (SSSR count). The summed E-state index contributed by atoms with van der Waals surface area (Å²) in [5.74, 6) is -0.808. The van der Waals surface area contributed by atoms with Crippen molar-refractivity contribution in [2.24, 2.45) is 0 Å². The summed E-state index contributed by atoms with van der Waals surface area (Å²) in [6, 6.07) is 21.3. The van der Waals surface area contributed by atoms with E-state index in [2.05, 4.69) is 5.32 Å². The first-order valence-electron chi connectivity index (χ1n) is 11.6. The molecular formula is C27H30ClN3O4S. The summed E-state index contributed by atoms with van der Waals surface area (Å²) in [7, 11) is -2.61. The van der Waals surface area contributed by atoms with Gasteiger partial charge in [0.2, 0.25) is 11.8 Å². The molecule has 9 heteroatoms. The Morgan fingerprint density at radius 1 is 0.972 bits per heavy atom. The van der Waals surface area contributed by atoms with Crippen LogP contribution in [-0.2, 0) is 26.2 Å². The van der Waals surface area contributed by atoms with Crippen LogP contribution >= 0.6 is 11.6 Å². The lowest BCUT2D eigenvalue weighted by Crippen LogP contribution is -2.51. The van der Waals surface area contributed by atoms with E-state index < -0.39 is 28.5 Å². The van der Waals surface area contributed by atoms with Crippen LogP contribution < -0.4 is 9.62 Å². The van der Waals surface area contributed by atoms with E-state index in [0.29, 0.717) is 17.1 Å². The molecule has 0 saturated carbocycles. The van der Waals surface area contributed by atoms with Gasteiger partial charge in [0, 0.05) is 18.6 Å². The molecule has 1 N–H and O–H groups in total. The van der Waals surface area contributed by atoms with Gasteiger partial charge >= 0.3 is 0 Å². The molecule has 1 unspecified atom stereocenters. The van der Waals surface area contributed by atoms with Gasteiger partial charge in [0.25, 0.3) is 10.0 Å². The normalized spacial score (nSPS) is 12.0. The minimum Gasteiger partial charge on any atom is -0.357 e. The lowest BCUT2D eigenvalue weighted by molar-refractivity contribution is -0.140. The van der Waals surface area contributed by atoms with E-state index >= 15 is 0 Å². The van der Waals surface area contributed by atoms with Crippen LogP contribution in [0, 0.1) is 6.92 Å². The molecule has 0 aromatic heterocycles. The van der Waals surface area contributed by atoms with Crippen molar-refractivity contribution in [3.63, 3.8) is 0 Å². The van der Waals surface area contributed by atoms with Crippen LogP contribution in [0.2, 0.25) is 5.02 Å². The van der Waals surface area contributed by atoms with Gasteiger partial charge in [-0.1, -0.05) is 61.0 Å². The highest BCUT2D eigenvalue weighted by Crippen LogP contribution is 2.26. The smallest absolute Gasteiger partial charge is 0.264 e. The molecule has 0 saturated heterocycles. The van der Waals surface area contributed by atoms with Crippen molar-refractivity contribution in [3.8, 4) is 0 Å². The number of carbonyl (C=O) groups excluding carboxylic acids is 2. The molecule has 0 bridgehead atoms. The number of likely N-dealkylation sites (N-methyl/N-ethyl adjacent to an activating group) is 1. The van der Waals surface area contributed by atoms with E-state index in [1.54, 1.807) is 18.2 Å². The van der Waals surface area contributed by atoms with Gasteiger partial charge in [0.1, 0.15) is 12.6 Å². The van der Waals surface area contributed by atoms with Gasteiger partial charge in [0.05, 0.1) is 10.6 Å². The molecule has 0 radical (unpaired) electrons. The number of nitrogens with zero attached hydrogens (tertiary/aromatic N) is 2. The van der Waals surface area contributed by atoms with Crippen LogP contribution in [0.25, 0.3) is 0 Å². The summed E-state index contributed by atoms with van der Waals surface area (Å²) < 4.78 is 28.6. The van der Waals surface area contributed by atoms with Gasteiger partial charge < -0.3 is 10.2 Å². The van der Waals surface area contributed by atoms with Gasteiger partial charge in [0.15, 0.2) is 0 Å². The average Bonchev–Trinajstić information content (AvgIpc) is 2.87. The quantitative estimate of drug-likeness (QED) is 0.423. The van der Waals surface area contributed by atoms with Crippen LogP contribution in [0.5, 0.6) is 0 Å². The summed E-state index contributed by atoms with van der Waals surface area (Å²) in [6.07, 6.45) is 0.368. The molecule has 0 aliphatic heterocycles. The number of aryl methyl sites for hydroxylation is 1. The van der Waals surface area contributed by atoms with E-state index in [-0.39, 0.29) is 17.3 Å². The fourth-order valence-corrected chi connectivity index (χ4v) is 5.44. The van der Waals surface area contributed by atoms with Crippen LogP contribution in [0.4, 0.5) is 5.69 Å². The monoisotopic (exact) mass is 527 g/mol. The van der Waals surface area contributed by atoms with Crippen molar-refractivity contribution in [2.45, 2.75) is 37.8 Å². The van der Waals surface area contributed by atoms with Crippen LogP contribution in [0.15, 0.2) is 83.8 Å².